The second kappa shape index (κ2) is 7.19. The summed E-state index contributed by atoms with van der Waals surface area (Å²) in [5.74, 6) is -0.254. The highest BCUT2D eigenvalue weighted by molar-refractivity contribution is 7.14. The second-order valence-corrected chi connectivity index (χ2v) is 8.98. The topological polar surface area (TPSA) is 54.4 Å². The van der Waals surface area contributed by atoms with Crippen LogP contribution in [0.2, 0.25) is 0 Å². The summed E-state index contributed by atoms with van der Waals surface area (Å²) in [4.78, 5) is 17.6. The molecule has 0 fully saturated rings. The summed E-state index contributed by atoms with van der Waals surface area (Å²) in [6.07, 6.45) is 0.703. The number of benzene rings is 2. The lowest BCUT2D eigenvalue weighted by Crippen LogP contribution is -2.40. The minimum Gasteiger partial charge on any atom is -0.292 e. The Morgan fingerprint density at radius 1 is 1.17 bits per heavy atom. The minimum atomic E-state index is -0.504. The number of hydrogen-bond acceptors (Lipinski definition) is 5. The maximum Gasteiger partial charge on any atom is 0.203 e. The fourth-order valence-corrected chi connectivity index (χ4v) is 4.47. The van der Waals surface area contributed by atoms with Crippen LogP contribution in [0.25, 0.3) is 11.3 Å². The van der Waals surface area contributed by atoms with Crippen LogP contribution in [-0.2, 0) is 11.2 Å². The van der Waals surface area contributed by atoms with Gasteiger partial charge in [-0.1, -0.05) is 31.5 Å². The molecule has 3 aromatic rings. The summed E-state index contributed by atoms with van der Waals surface area (Å²) < 4.78 is 13.1. The Morgan fingerprint density at radius 2 is 1.90 bits per heavy atom. The zero-order valence-electron chi connectivity index (χ0n) is 16.8. The minimum absolute atomic E-state index is 0.0276. The number of rotatable bonds is 3. The molecule has 0 amide bonds. The van der Waals surface area contributed by atoms with E-state index in [1.165, 1.54) is 29.0 Å². The van der Waals surface area contributed by atoms with E-state index in [4.69, 9.17) is 0 Å². The van der Waals surface area contributed by atoms with Gasteiger partial charge in [0.15, 0.2) is 5.78 Å². The molecule has 0 radical (unpaired) electrons. The third-order valence-electron chi connectivity index (χ3n) is 5.17. The lowest BCUT2D eigenvalue weighted by molar-refractivity contribution is -0.120. The van der Waals surface area contributed by atoms with Crippen molar-refractivity contribution >= 4 is 28.0 Å². The van der Waals surface area contributed by atoms with Crippen LogP contribution in [0.4, 0.5) is 9.52 Å². The van der Waals surface area contributed by atoms with Gasteiger partial charge >= 0.3 is 0 Å². The number of hydrazone groups is 1. The molecule has 1 heterocycles. The SMILES string of the molecule is Cc1cc(C)c2c(c1)CC(C)(C)C(=O)/C2=N\Nc1nc(-c2ccc(F)cc2)cs1. The number of aromatic nitrogens is 1. The molecule has 4 rings (SSSR count). The van der Waals surface area contributed by atoms with E-state index in [2.05, 4.69) is 34.6 Å². The summed E-state index contributed by atoms with van der Waals surface area (Å²) in [6, 6.07) is 10.4. The fourth-order valence-electron chi connectivity index (χ4n) is 3.81. The average molecular weight is 408 g/mol. The number of fused-ring (bicyclic) bond motifs is 1. The van der Waals surface area contributed by atoms with Crippen molar-refractivity contribution in [2.75, 3.05) is 5.43 Å². The van der Waals surface area contributed by atoms with E-state index in [9.17, 15) is 9.18 Å². The number of carbonyl (C=O) groups excluding carboxylic acids is 1. The van der Waals surface area contributed by atoms with Gasteiger partial charge in [0.2, 0.25) is 5.13 Å². The molecule has 4 nitrogen and oxygen atoms in total. The molecule has 0 bridgehead atoms. The molecule has 148 valence electrons. The van der Waals surface area contributed by atoms with Gasteiger partial charge in [0.1, 0.15) is 11.5 Å². The lowest BCUT2D eigenvalue weighted by atomic mass is 9.71. The van der Waals surface area contributed by atoms with Crippen molar-refractivity contribution in [1.29, 1.82) is 0 Å². The molecule has 29 heavy (non-hydrogen) atoms. The number of Topliss-reactive ketones (excluding diaryl/α,β-unsaturated/α-hetero) is 1. The molecule has 1 aromatic heterocycles. The zero-order valence-corrected chi connectivity index (χ0v) is 17.7. The fraction of sp³-hybridized carbons (Fsp3) is 0.261. The van der Waals surface area contributed by atoms with Crippen molar-refractivity contribution in [3.63, 3.8) is 0 Å². The predicted molar refractivity (Wildman–Crippen MR) is 116 cm³/mol. The van der Waals surface area contributed by atoms with Gasteiger partial charge in [-0.15, -0.1) is 11.3 Å². The molecule has 0 unspecified atom stereocenters. The number of thiazole rings is 1. The van der Waals surface area contributed by atoms with E-state index >= 15 is 0 Å². The molecule has 1 N–H and O–H groups in total. The van der Waals surface area contributed by atoms with E-state index < -0.39 is 5.41 Å². The van der Waals surface area contributed by atoms with E-state index in [-0.39, 0.29) is 11.6 Å². The van der Waals surface area contributed by atoms with E-state index in [1.54, 1.807) is 12.1 Å². The molecular formula is C23H22FN3OS. The predicted octanol–water partition coefficient (Wildman–Crippen LogP) is 5.53. The van der Waals surface area contributed by atoms with E-state index in [1.807, 2.05) is 26.2 Å². The van der Waals surface area contributed by atoms with Crippen LogP contribution in [0.1, 0.15) is 36.1 Å². The number of nitrogens with zero attached hydrogens (tertiary/aromatic N) is 2. The highest BCUT2D eigenvalue weighted by atomic mass is 32.1. The summed E-state index contributed by atoms with van der Waals surface area (Å²) in [5, 5.41) is 6.95. The Hall–Kier alpha value is -2.86. The highest BCUT2D eigenvalue weighted by Gasteiger charge is 2.39. The number of aryl methyl sites for hydroxylation is 2. The average Bonchev–Trinajstić information content (AvgIpc) is 3.11. The lowest BCUT2D eigenvalue weighted by Gasteiger charge is -2.31. The van der Waals surface area contributed by atoms with Gasteiger partial charge in [0, 0.05) is 21.9 Å². The number of ketones is 1. The van der Waals surface area contributed by atoms with Crippen molar-refractivity contribution in [2.24, 2.45) is 10.5 Å². The smallest absolute Gasteiger partial charge is 0.203 e. The van der Waals surface area contributed by atoms with Crippen molar-refractivity contribution in [2.45, 2.75) is 34.1 Å². The van der Waals surface area contributed by atoms with Crippen LogP contribution in [0, 0.1) is 25.1 Å². The third kappa shape index (κ3) is 3.72. The van der Waals surface area contributed by atoms with Gasteiger partial charge in [-0.2, -0.15) is 5.10 Å². The van der Waals surface area contributed by atoms with Gasteiger partial charge in [0.25, 0.3) is 0 Å². The maximum atomic E-state index is 13.1. The summed E-state index contributed by atoms with van der Waals surface area (Å²) in [7, 11) is 0. The van der Waals surface area contributed by atoms with Crippen molar-refractivity contribution < 1.29 is 9.18 Å². The molecule has 1 aliphatic rings. The van der Waals surface area contributed by atoms with Gasteiger partial charge < -0.3 is 0 Å². The van der Waals surface area contributed by atoms with Gasteiger partial charge in [-0.05, 0) is 55.7 Å². The largest absolute Gasteiger partial charge is 0.292 e. The van der Waals surface area contributed by atoms with Gasteiger partial charge in [0.05, 0.1) is 5.69 Å². The van der Waals surface area contributed by atoms with E-state index in [0.29, 0.717) is 17.3 Å². The van der Waals surface area contributed by atoms with Gasteiger partial charge in [-0.25, -0.2) is 9.37 Å². The van der Waals surface area contributed by atoms with Crippen LogP contribution in [0.3, 0.4) is 0 Å². The Balaban J connectivity index is 1.68. The van der Waals surface area contributed by atoms with Crippen LogP contribution < -0.4 is 5.43 Å². The quantitative estimate of drug-likeness (QED) is 0.581. The molecule has 0 saturated carbocycles. The number of halogens is 1. The highest BCUT2D eigenvalue weighted by Crippen LogP contribution is 2.35. The van der Waals surface area contributed by atoms with Crippen molar-refractivity contribution in [3.05, 3.63) is 69.8 Å². The first kappa shape index (κ1) is 19.5. The molecule has 0 aliphatic heterocycles. The second-order valence-electron chi connectivity index (χ2n) is 8.12. The first-order chi connectivity index (χ1) is 13.7. The maximum absolute atomic E-state index is 13.1. The first-order valence-electron chi connectivity index (χ1n) is 9.45. The first-order valence-corrected chi connectivity index (χ1v) is 10.3. The molecular weight excluding hydrogens is 385 g/mol. The summed E-state index contributed by atoms with van der Waals surface area (Å²) in [6.45, 7) is 8.00. The molecule has 1 aliphatic carbocycles. The molecule has 2 aromatic carbocycles. The molecule has 0 saturated heterocycles. The normalized spacial score (nSPS) is 16.7. The number of nitrogens with one attached hydrogen (secondary N) is 1. The molecule has 0 spiro atoms. The van der Waals surface area contributed by atoms with Crippen LogP contribution in [0.5, 0.6) is 0 Å². The third-order valence-corrected chi connectivity index (χ3v) is 5.91. The van der Waals surface area contributed by atoms with Gasteiger partial charge in [-0.3, -0.25) is 10.2 Å². The van der Waals surface area contributed by atoms with Crippen LogP contribution >= 0.6 is 11.3 Å². The number of carbonyl (C=O) groups is 1. The van der Waals surface area contributed by atoms with E-state index in [0.717, 1.165) is 27.9 Å². The monoisotopic (exact) mass is 407 g/mol. The Morgan fingerprint density at radius 3 is 2.62 bits per heavy atom. The summed E-state index contributed by atoms with van der Waals surface area (Å²) >= 11 is 1.39. The number of hydrogen-bond donors (Lipinski definition) is 1. The van der Waals surface area contributed by atoms with Crippen molar-refractivity contribution in [3.8, 4) is 11.3 Å². The Kier molecular flexibility index (Phi) is 4.82. The standard InChI is InChI=1S/C23H22FN3OS/c1-13-9-14(2)19-16(10-13)11-23(3,4)21(28)20(19)26-27-22-25-18(12-29-22)15-5-7-17(24)8-6-15/h5-10,12H,11H2,1-4H3,(H,25,27)/b26-20-. The Bertz CT molecular complexity index is 1130. The van der Waals surface area contributed by atoms with Crippen molar-refractivity contribution in [1.82, 2.24) is 4.98 Å². The number of anilines is 1. The zero-order chi connectivity index (χ0) is 20.8. The van der Waals surface area contributed by atoms with Crippen LogP contribution in [0.15, 0.2) is 46.9 Å². The van der Waals surface area contributed by atoms with Crippen LogP contribution in [-0.4, -0.2) is 16.5 Å². The summed E-state index contributed by atoms with van der Waals surface area (Å²) in [5.41, 5.74) is 8.78. The molecule has 0 atom stereocenters. The Labute approximate surface area is 173 Å². The molecule has 6 heteroatoms.